The zero-order chi connectivity index (χ0) is 18.2. The highest BCUT2D eigenvalue weighted by molar-refractivity contribution is 7.89. The van der Waals surface area contributed by atoms with Crippen molar-refractivity contribution in [2.75, 3.05) is 14.1 Å². The smallest absolute Gasteiger partial charge is 0.245 e. The van der Waals surface area contributed by atoms with Crippen molar-refractivity contribution < 1.29 is 13.2 Å². The molecule has 0 saturated carbocycles. The van der Waals surface area contributed by atoms with Crippen LogP contribution in [0.25, 0.3) is 0 Å². The third-order valence-corrected chi connectivity index (χ3v) is 5.96. The number of aromatic nitrogens is 2. The molecular weight excluding hydrogens is 326 g/mol. The van der Waals surface area contributed by atoms with Crippen molar-refractivity contribution in [1.29, 1.82) is 0 Å². The van der Waals surface area contributed by atoms with E-state index in [-0.39, 0.29) is 10.7 Å². The molecule has 24 heavy (non-hydrogen) atoms. The van der Waals surface area contributed by atoms with Gasteiger partial charge in [0.05, 0.1) is 12.7 Å². The lowest BCUT2D eigenvalue weighted by molar-refractivity contribution is 0.101. The molecule has 0 unspecified atom stereocenters. The van der Waals surface area contributed by atoms with Crippen molar-refractivity contribution in [2.24, 2.45) is 0 Å². The van der Waals surface area contributed by atoms with Crippen LogP contribution >= 0.6 is 0 Å². The predicted octanol–water partition coefficient (Wildman–Crippen LogP) is 2.31. The third kappa shape index (κ3) is 3.27. The lowest BCUT2D eigenvalue weighted by atomic mass is 9.91. The number of hydrogen-bond acceptors (Lipinski definition) is 4. The first-order chi connectivity index (χ1) is 11.1. The molecule has 0 fully saturated rings. The fraction of sp³-hybridized carbons (Fsp3) is 0.412. The summed E-state index contributed by atoms with van der Waals surface area (Å²) in [5, 5.41) is 4.17. The number of sulfonamides is 1. The molecule has 0 atom stereocenters. The van der Waals surface area contributed by atoms with Gasteiger partial charge in [-0.05, 0) is 49.9 Å². The Morgan fingerprint density at radius 3 is 2.38 bits per heavy atom. The summed E-state index contributed by atoms with van der Waals surface area (Å²) in [4.78, 5) is 12.1. The number of carbonyl (C=O) groups excluding carboxylic acids is 1. The van der Waals surface area contributed by atoms with Gasteiger partial charge < -0.3 is 0 Å². The van der Waals surface area contributed by atoms with Gasteiger partial charge in [0.15, 0.2) is 5.78 Å². The first-order valence-electron chi connectivity index (χ1n) is 7.61. The van der Waals surface area contributed by atoms with Crippen LogP contribution in [-0.2, 0) is 16.6 Å². The van der Waals surface area contributed by atoms with Gasteiger partial charge in [0, 0.05) is 25.9 Å². The van der Waals surface area contributed by atoms with Gasteiger partial charge >= 0.3 is 0 Å². The molecule has 0 saturated heterocycles. The molecule has 1 aromatic carbocycles. The van der Waals surface area contributed by atoms with Gasteiger partial charge in [0.25, 0.3) is 0 Å². The summed E-state index contributed by atoms with van der Waals surface area (Å²) in [5.41, 5.74) is 4.65. The Bertz CT molecular complexity index is 896. The van der Waals surface area contributed by atoms with E-state index in [1.54, 1.807) is 11.6 Å². The van der Waals surface area contributed by atoms with Crippen LogP contribution < -0.4 is 0 Å². The van der Waals surface area contributed by atoms with Crippen LogP contribution in [0.2, 0.25) is 0 Å². The minimum atomic E-state index is -3.50. The largest absolute Gasteiger partial charge is 0.294 e. The number of Topliss-reactive ketones (excluding diaryl/α,β-unsaturated/α-hetero) is 1. The van der Waals surface area contributed by atoms with Crippen LogP contribution in [0, 0.1) is 20.8 Å². The van der Waals surface area contributed by atoms with E-state index in [9.17, 15) is 13.2 Å². The lowest BCUT2D eigenvalue weighted by Crippen LogP contribution is -2.21. The highest BCUT2D eigenvalue weighted by Crippen LogP contribution is 2.24. The van der Waals surface area contributed by atoms with Crippen molar-refractivity contribution in [3.63, 3.8) is 0 Å². The number of carbonyl (C=O) groups is 1. The number of hydrogen-bond donors (Lipinski definition) is 0. The second-order valence-corrected chi connectivity index (χ2v) is 8.36. The maximum Gasteiger partial charge on any atom is 0.245 e. The molecular formula is C17H23N3O3S. The first-order valence-corrected chi connectivity index (χ1v) is 9.05. The quantitative estimate of drug-likeness (QED) is 0.777. The molecule has 2 rings (SSSR count). The van der Waals surface area contributed by atoms with E-state index in [1.807, 2.05) is 26.8 Å². The predicted molar refractivity (Wildman–Crippen MR) is 92.9 cm³/mol. The van der Waals surface area contributed by atoms with E-state index in [1.165, 1.54) is 26.5 Å². The van der Waals surface area contributed by atoms with Crippen molar-refractivity contribution in [3.05, 3.63) is 46.3 Å². The third-order valence-electron chi connectivity index (χ3n) is 4.19. The first kappa shape index (κ1) is 18.4. The van der Waals surface area contributed by atoms with E-state index in [0.29, 0.717) is 6.54 Å². The topological polar surface area (TPSA) is 72.3 Å². The summed E-state index contributed by atoms with van der Waals surface area (Å²) in [6.07, 6.45) is 2.86. The molecule has 1 aromatic heterocycles. The summed E-state index contributed by atoms with van der Waals surface area (Å²) in [7, 11) is -0.529. The van der Waals surface area contributed by atoms with Crippen LogP contribution in [0.3, 0.4) is 0 Å². The Balaban J connectivity index is 2.45. The molecule has 0 amide bonds. The van der Waals surface area contributed by atoms with Crippen molar-refractivity contribution in [2.45, 2.75) is 39.1 Å². The molecule has 0 N–H and O–H groups in total. The molecule has 2 aromatic rings. The highest BCUT2D eigenvalue weighted by Gasteiger charge is 2.20. The summed E-state index contributed by atoms with van der Waals surface area (Å²) in [5.74, 6) is 0.0302. The Kier molecular flexibility index (Phi) is 4.96. The molecule has 130 valence electrons. The number of ketones is 1. The fourth-order valence-electron chi connectivity index (χ4n) is 2.95. The summed E-state index contributed by atoms with van der Waals surface area (Å²) >= 11 is 0. The Labute approximate surface area is 143 Å². The fourth-order valence-corrected chi connectivity index (χ4v) is 3.81. The van der Waals surface area contributed by atoms with Gasteiger partial charge in [0.1, 0.15) is 4.90 Å². The molecule has 0 aliphatic carbocycles. The minimum Gasteiger partial charge on any atom is -0.294 e. The van der Waals surface area contributed by atoms with Crippen molar-refractivity contribution in [1.82, 2.24) is 14.1 Å². The van der Waals surface area contributed by atoms with Crippen molar-refractivity contribution in [3.8, 4) is 0 Å². The SMILES string of the molecule is CC(=O)c1c(C)cc(C)c(Cn2cc(S(=O)(=O)N(C)C)cn2)c1C. The maximum atomic E-state index is 12.1. The molecule has 6 nitrogen and oxygen atoms in total. The van der Waals surface area contributed by atoms with E-state index in [0.717, 1.165) is 32.1 Å². The van der Waals surface area contributed by atoms with Crippen molar-refractivity contribution >= 4 is 15.8 Å². The van der Waals surface area contributed by atoms with Crippen LogP contribution in [0.5, 0.6) is 0 Å². The normalized spacial score (nSPS) is 12.0. The number of rotatable bonds is 5. The van der Waals surface area contributed by atoms with E-state index in [2.05, 4.69) is 5.10 Å². The minimum absolute atomic E-state index is 0.0302. The number of benzene rings is 1. The number of aryl methyl sites for hydroxylation is 2. The van der Waals surface area contributed by atoms with Crippen LogP contribution in [0.15, 0.2) is 23.4 Å². The monoisotopic (exact) mass is 349 g/mol. The van der Waals surface area contributed by atoms with E-state index < -0.39 is 10.0 Å². The lowest BCUT2D eigenvalue weighted by Gasteiger charge is -2.16. The van der Waals surface area contributed by atoms with Gasteiger partial charge in [-0.25, -0.2) is 12.7 Å². The van der Waals surface area contributed by atoms with Crippen LogP contribution in [0.4, 0.5) is 0 Å². The second kappa shape index (κ2) is 6.49. The second-order valence-electron chi connectivity index (χ2n) is 6.21. The van der Waals surface area contributed by atoms with Gasteiger partial charge in [-0.15, -0.1) is 0 Å². The Morgan fingerprint density at radius 1 is 1.21 bits per heavy atom. The highest BCUT2D eigenvalue weighted by atomic mass is 32.2. The van der Waals surface area contributed by atoms with Gasteiger partial charge in [-0.2, -0.15) is 5.10 Å². The summed E-state index contributed by atoms with van der Waals surface area (Å²) in [6, 6.07) is 1.99. The Morgan fingerprint density at radius 2 is 1.83 bits per heavy atom. The molecule has 7 heteroatoms. The van der Waals surface area contributed by atoms with Gasteiger partial charge in [0.2, 0.25) is 10.0 Å². The van der Waals surface area contributed by atoms with Gasteiger partial charge in [-0.3, -0.25) is 9.48 Å². The average Bonchev–Trinajstić information content (AvgIpc) is 2.91. The van der Waals surface area contributed by atoms with Crippen LogP contribution in [-0.4, -0.2) is 42.4 Å². The Hall–Kier alpha value is -1.99. The molecule has 0 aliphatic heterocycles. The molecule has 0 bridgehead atoms. The molecule has 1 heterocycles. The van der Waals surface area contributed by atoms with E-state index in [4.69, 9.17) is 0 Å². The average molecular weight is 349 g/mol. The molecule has 0 aliphatic rings. The van der Waals surface area contributed by atoms with Crippen LogP contribution in [0.1, 0.15) is 39.5 Å². The number of nitrogens with zero attached hydrogens (tertiary/aromatic N) is 3. The zero-order valence-corrected chi connectivity index (χ0v) is 15.7. The van der Waals surface area contributed by atoms with E-state index >= 15 is 0 Å². The summed E-state index contributed by atoms with van der Waals surface area (Å²) in [6.45, 7) is 7.81. The maximum absolute atomic E-state index is 12.1. The standard InChI is InChI=1S/C17H23N3O3S/c1-11-7-12(2)17(14(4)21)13(3)16(11)10-20-9-15(8-18-20)24(22,23)19(5)6/h7-9H,10H2,1-6H3. The molecule has 0 radical (unpaired) electrons. The zero-order valence-electron chi connectivity index (χ0n) is 14.9. The summed E-state index contributed by atoms with van der Waals surface area (Å²) < 4.78 is 27.0. The molecule has 0 spiro atoms. The van der Waals surface area contributed by atoms with Gasteiger partial charge in [-0.1, -0.05) is 6.07 Å².